The van der Waals surface area contributed by atoms with Crippen LogP contribution in [-0.2, 0) is 19.9 Å². The molecule has 0 saturated heterocycles. The highest BCUT2D eigenvalue weighted by Crippen LogP contribution is 2.18. The number of benzene rings is 2. The molecule has 0 spiro atoms. The van der Waals surface area contributed by atoms with Gasteiger partial charge in [0.15, 0.2) is 0 Å². The van der Waals surface area contributed by atoms with Gasteiger partial charge in [0, 0.05) is 19.2 Å². The molecule has 1 aromatic heterocycles. The van der Waals surface area contributed by atoms with Gasteiger partial charge in [0.25, 0.3) is 0 Å². The fourth-order valence-electron chi connectivity index (χ4n) is 2.44. The van der Waals surface area contributed by atoms with Crippen LogP contribution in [0.5, 0.6) is 0 Å². The van der Waals surface area contributed by atoms with Crippen LogP contribution in [0.4, 0.5) is 10.1 Å². The van der Waals surface area contributed by atoms with Crippen LogP contribution in [0, 0.1) is 5.82 Å². The first-order chi connectivity index (χ1) is 9.63. The third-order valence-electron chi connectivity index (χ3n) is 3.52. The van der Waals surface area contributed by atoms with Crippen molar-refractivity contribution in [2.24, 2.45) is 7.05 Å². The van der Waals surface area contributed by atoms with Gasteiger partial charge in [0.2, 0.25) is 0 Å². The van der Waals surface area contributed by atoms with Gasteiger partial charge >= 0.3 is 0 Å². The smallest absolute Gasteiger partial charge is 0.125 e. The Balaban J connectivity index is 1.86. The second kappa shape index (κ2) is 4.96. The number of fused-ring (bicyclic) bond motifs is 1. The summed E-state index contributed by atoms with van der Waals surface area (Å²) in [6.45, 7) is 0. The van der Waals surface area contributed by atoms with Crippen LogP contribution in [0.1, 0.15) is 11.4 Å². The highest BCUT2D eigenvalue weighted by Gasteiger charge is 2.08. The molecule has 3 aromatic rings. The van der Waals surface area contributed by atoms with Gasteiger partial charge in [-0.15, -0.1) is 0 Å². The highest BCUT2D eigenvalue weighted by atomic mass is 19.1. The summed E-state index contributed by atoms with van der Waals surface area (Å²) in [4.78, 5) is 4.56. The zero-order valence-electron chi connectivity index (χ0n) is 11.3. The van der Waals surface area contributed by atoms with E-state index in [1.807, 2.05) is 29.8 Å². The quantitative estimate of drug-likeness (QED) is 0.743. The Bertz CT molecular complexity index is 762. The summed E-state index contributed by atoms with van der Waals surface area (Å²) < 4.78 is 15.2. The number of hydrogen-bond donors (Lipinski definition) is 1. The molecule has 0 aliphatic rings. The summed E-state index contributed by atoms with van der Waals surface area (Å²) in [6, 6.07) is 12.5. The van der Waals surface area contributed by atoms with Crippen molar-refractivity contribution in [1.82, 2.24) is 9.55 Å². The van der Waals surface area contributed by atoms with E-state index in [-0.39, 0.29) is 5.82 Å². The fourth-order valence-corrected chi connectivity index (χ4v) is 2.44. The molecule has 3 rings (SSSR count). The lowest BCUT2D eigenvalue weighted by molar-refractivity contribution is 0.628. The molecule has 3 nitrogen and oxygen atoms in total. The Kier molecular flexibility index (Phi) is 3.14. The maximum atomic E-state index is 13.3. The van der Waals surface area contributed by atoms with E-state index < -0.39 is 0 Å². The normalized spacial score (nSPS) is 11.1. The van der Waals surface area contributed by atoms with Crippen molar-refractivity contribution in [3.05, 3.63) is 59.7 Å². The minimum atomic E-state index is -0.233. The van der Waals surface area contributed by atoms with Gasteiger partial charge in [-0.3, -0.25) is 0 Å². The maximum absolute atomic E-state index is 13.3. The van der Waals surface area contributed by atoms with Gasteiger partial charge in [0.05, 0.1) is 11.0 Å². The second-order valence-corrected chi connectivity index (χ2v) is 4.97. The topological polar surface area (TPSA) is 43.8 Å². The van der Waals surface area contributed by atoms with E-state index in [2.05, 4.69) is 11.1 Å². The largest absolute Gasteiger partial charge is 0.399 e. The fraction of sp³-hybridized carbons (Fsp3) is 0.188. The van der Waals surface area contributed by atoms with Gasteiger partial charge in [0.1, 0.15) is 11.6 Å². The van der Waals surface area contributed by atoms with Crippen molar-refractivity contribution in [2.45, 2.75) is 12.8 Å². The molecule has 0 bridgehead atoms. The lowest BCUT2D eigenvalue weighted by Crippen LogP contribution is -2.00. The number of nitrogens with zero attached hydrogens (tertiary/aromatic N) is 2. The number of aryl methyl sites for hydroxylation is 3. The van der Waals surface area contributed by atoms with Crippen LogP contribution in [0.2, 0.25) is 0 Å². The summed E-state index contributed by atoms with van der Waals surface area (Å²) in [5.74, 6) is 0.718. The van der Waals surface area contributed by atoms with Gasteiger partial charge in [-0.1, -0.05) is 12.1 Å². The Labute approximate surface area is 116 Å². The van der Waals surface area contributed by atoms with Crippen molar-refractivity contribution in [3.8, 4) is 0 Å². The number of nitrogen functional groups attached to an aromatic ring is 1. The second-order valence-electron chi connectivity index (χ2n) is 4.97. The molecule has 1 heterocycles. The first kappa shape index (κ1) is 12.7. The number of hydrogen-bond acceptors (Lipinski definition) is 2. The molecule has 0 atom stereocenters. The van der Waals surface area contributed by atoms with Crippen LogP contribution in [0.3, 0.4) is 0 Å². The molecule has 102 valence electrons. The van der Waals surface area contributed by atoms with E-state index in [0.29, 0.717) is 0 Å². The molecular weight excluding hydrogens is 253 g/mol. The standard InChI is InChI=1S/C16H16FN3/c1-20-15-10-12(17)6-7-14(15)19-16(20)8-5-11-3-2-4-13(18)9-11/h2-4,6-7,9-10H,5,8,18H2,1H3. The number of nitrogens with two attached hydrogens (primary N) is 1. The van der Waals surface area contributed by atoms with Crippen molar-refractivity contribution in [3.63, 3.8) is 0 Å². The van der Waals surface area contributed by atoms with E-state index in [4.69, 9.17) is 5.73 Å². The van der Waals surface area contributed by atoms with E-state index >= 15 is 0 Å². The lowest BCUT2D eigenvalue weighted by Gasteiger charge is -2.04. The van der Waals surface area contributed by atoms with Crippen molar-refractivity contribution < 1.29 is 4.39 Å². The molecule has 0 radical (unpaired) electrons. The Morgan fingerprint density at radius 2 is 2.00 bits per heavy atom. The average molecular weight is 269 g/mol. The number of imidazole rings is 1. The van der Waals surface area contributed by atoms with Crippen LogP contribution in [0.25, 0.3) is 11.0 Å². The van der Waals surface area contributed by atoms with E-state index in [1.165, 1.54) is 17.7 Å². The molecule has 0 aliphatic carbocycles. The summed E-state index contributed by atoms with van der Waals surface area (Å²) >= 11 is 0. The Hall–Kier alpha value is -2.36. The summed E-state index contributed by atoms with van der Waals surface area (Å²) in [6.07, 6.45) is 1.67. The molecule has 4 heteroatoms. The first-order valence-corrected chi connectivity index (χ1v) is 6.59. The van der Waals surface area contributed by atoms with Crippen molar-refractivity contribution >= 4 is 16.7 Å². The lowest BCUT2D eigenvalue weighted by atomic mass is 10.1. The van der Waals surface area contributed by atoms with E-state index in [9.17, 15) is 4.39 Å². The SMILES string of the molecule is Cn1c(CCc2cccc(N)c2)nc2ccc(F)cc21. The van der Waals surface area contributed by atoms with Crippen LogP contribution < -0.4 is 5.73 Å². The Morgan fingerprint density at radius 3 is 2.80 bits per heavy atom. The molecule has 0 saturated carbocycles. The zero-order valence-corrected chi connectivity index (χ0v) is 11.3. The molecule has 0 amide bonds. The Morgan fingerprint density at radius 1 is 1.15 bits per heavy atom. The molecule has 2 N–H and O–H groups in total. The number of anilines is 1. The van der Waals surface area contributed by atoms with Crippen molar-refractivity contribution in [2.75, 3.05) is 5.73 Å². The first-order valence-electron chi connectivity index (χ1n) is 6.59. The summed E-state index contributed by atoms with van der Waals surface area (Å²) in [7, 11) is 1.92. The highest BCUT2D eigenvalue weighted by molar-refractivity contribution is 5.75. The predicted octanol–water partition coefficient (Wildman–Crippen LogP) is 3.08. The van der Waals surface area contributed by atoms with Gasteiger partial charge < -0.3 is 10.3 Å². The number of rotatable bonds is 3. The molecular formula is C16H16FN3. The van der Waals surface area contributed by atoms with Gasteiger partial charge in [-0.2, -0.15) is 0 Å². The molecule has 0 fully saturated rings. The minimum Gasteiger partial charge on any atom is -0.399 e. The summed E-state index contributed by atoms with van der Waals surface area (Å²) in [5.41, 5.74) is 9.39. The number of aromatic nitrogens is 2. The third kappa shape index (κ3) is 2.37. The molecule has 0 unspecified atom stereocenters. The number of halogens is 1. The third-order valence-corrected chi connectivity index (χ3v) is 3.52. The minimum absolute atomic E-state index is 0.233. The zero-order chi connectivity index (χ0) is 14.1. The van der Waals surface area contributed by atoms with Crippen molar-refractivity contribution in [1.29, 1.82) is 0 Å². The van der Waals surface area contributed by atoms with Gasteiger partial charge in [-0.05, 0) is 42.3 Å². The van der Waals surface area contributed by atoms with Crippen LogP contribution >= 0.6 is 0 Å². The maximum Gasteiger partial charge on any atom is 0.125 e. The van der Waals surface area contributed by atoms with E-state index in [1.54, 1.807) is 6.07 Å². The monoisotopic (exact) mass is 269 g/mol. The molecule has 20 heavy (non-hydrogen) atoms. The van der Waals surface area contributed by atoms with Crippen LogP contribution in [-0.4, -0.2) is 9.55 Å². The van der Waals surface area contributed by atoms with Crippen LogP contribution in [0.15, 0.2) is 42.5 Å². The molecule has 2 aromatic carbocycles. The summed E-state index contributed by atoms with van der Waals surface area (Å²) in [5, 5.41) is 0. The predicted molar refractivity (Wildman–Crippen MR) is 78.9 cm³/mol. The molecule has 0 aliphatic heterocycles. The van der Waals surface area contributed by atoms with E-state index in [0.717, 1.165) is 35.4 Å². The van der Waals surface area contributed by atoms with Gasteiger partial charge in [-0.25, -0.2) is 9.37 Å². The average Bonchev–Trinajstić information content (AvgIpc) is 2.73.